The normalized spacial score (nSPS) is 17.7. The molecule has 1 aliphatic heterocycles. The van der Waals surface area contributed by atoms with Crippen molar-refractivity contribution in [3.05, 3.63) is 0 Å². The number of amides is 11. The van der Waals surface area contributed by atoms with Crippen LogP contribution in [-0.2, 0) is 52.7 Å². The van der Waals surface area contributed by atoms with Crippen LogP contribution in [0, 0.1) is 23.7 Å². The molecule has 24 heteroatoms. The summed E-state index contributed by atoms with van der Waals surface area (Å²) in [6.45, 7) is 14.2. The smallest absolute Gasteiger partial charge is 0.245 e. The average Bonchev–Trinajstić information content (AvgIpc) is 3.82. The first kappa shape index (κ1) is 62.1. The molecule has 24 nitrogen and oxygen atoms in total. The molecule has 0 saturated carbocycles. The van der Waals surface area contributed by atoms with Gasteiger partial charge in [-0.25, -0.2) is 0 Å². The molecule has 1 rings (SSSR count). The molecule has 0 aromatic heterocycles. The van der Waals surface area contributed by atoms with E-state index in [-0.39, 0.29) is 24.7 Å². The molecule has 11 amide bonds. The molecule has 70 heavy (non-hydrogen) atoms. The number of carbonyl (C=O) groups is 11. The maximum atomic E-state index is 14.2. The van der Waals surface area contributed by atoms with Gasteiger partial charge in [0, 0.05) is 19.9 Å². The number of hydrogen-bond acceptors (Lipinski definition) is 13. The Morgan fingerprint density at radius 1 is 0.600 bits per heavy atom. The van der Waals surface area contributed by atoms with Crippen LogP contribution in [0.15, 0.2) is 0 Å². The second kappa shape index (κ2) is 31.3. The van der Waals surface area contributed by atoms with E-state index in [9.17, 15) is 57.8 Å². The van der Waals surface area contributed by atoms with E-state index in [2.05, 4.69) is 42.5 Å². The van der Waals surface area contributed by atoms with Gasteiger partial charge in [-0.2, -0.15) is 0 Å². The summed E-state index contributed by atoms with van der Waals surface area (Å²) in [6, 6.07) is -9.86. The fraction of sp³-hybridized carbons (Fsp3) is 0.761. The van der Waals surface area contributed by atoms with E-state index in [1.807, 2.05) is 6.92 Å². The van der Waals surface area contributed by atoms with E-state index in [0.717, 1.165) is 0 Å². The average molecular weight is 995 g/mol. The number of hydrogen-bond donors (Lipinski definition) is 12. The predicted octanol–water partition coefficient (Wildman–Crippen LogP) is -2.83. The van der Waals surface area contributed by atoms with Crippen LogP contribution < -0.4 is 59.7 Å². The van der Waals surface area contributed by atoms with Gasteiger partial charge in [0.15, 0.2) is 0 Å². The van der Waals surface area contributed by atoms with E-state index in [4.69, 9.17) is 17.2 Å². The zero-order chi connectivity index (χ0) is 53.4. The molecule has 1 fully saturated rings. The maximum Gasteiger partial charge on any atom is 0.245 e. The number of aliphatic hydroxyl groups excluding tert-OH is 1. The molecule has 0 radical (unpaired) electrons. The Morgan fingerprint density at radius 2 is 1.09 bits per heavy atom. The SMILES string of the molecule is CC[C@H](C)[C@H](NC(=O)CNC(=O)[C@@H](NC(=O)[C@@H](CO)NC(=O)[C@H](CCC(N)=O)NC(=O)[C@@H](NC(=O)[C@@H](NC(=O)[C@H](CCCCN)NC(=O)[C@@H]1CCCN1C(C)=O)[C@@H](C)CC)[C@@H](C)CC)C(C)C)C(N)=O. The molecule has 1 heterocycles. The van der Waals surface area contributed by atoms with Crippen LogP contribution in [0.25, 0.3) is 0 Å². The van der Waals surface area contributed by atoms with Crippen molar-refractivity contribution in [3.63, 3.8) is 0 Å². The van der Waals surface area contributed by atoms with Crippen LogP contribution >= 0.6 is 0 Å². The number of aliphatic hydroxyl groups is 1. The predicted molar refractivity (Wildman–Crippen MR) is 258 cm³/mol. The molecule has 398 valence electrons. The van der Waals surface area contributed by atoms with Crippen molar-refractivity contribution in [2.75, 3.05) is 26.2 Å². The van der Waals surface area contributed by atoms with Gasteiger partial charge in [-0.15, -0.1) is 0 Å². The third-order valence-electron chi connectivity index (χ3n) is 12.8. The number of nitrogens with one attached hydrogen (secondary N) is 8. The quantitative estimate of drug-likeness (QED) is 0.0303. The monoisotopic (exact) mass is 995 g/mol. The fourth-order valence-electron chi connectivity index (χ4n) is 7.65. The molecular weight excluding hydrogens is 913 g/mol. The standard InChI is InChI=1S/C46H82N12O12/c1-10-25(6)36(39(49)63)54-34(62)22-50-44(68)35(24(4)5)55-42(66)31(23-59)53-40(64)30(18-19-33(48)61)52-45(69)37(26(7)11-2)57-46(70)38(27(8)12-3)56-41(65)29(16-13-14-20-47)51-43(67)32-17-15-21-58(32)28(9)60/h24-27,29-32,35-38,59H,10-23,47H2,1-9H3,(H2,48,61)(H2,49,63)(H,50,68)(H,51,67)(H,52,69)(H,53,64)(H,54,62)(H,55,66)(H,56,65)(H,57,70)/t25-,26-,27-,29-,30-,31+,32-,35-,36-,37-,38-/m0/s1. The lowest BCUT2D eigenvalue weighted by molar-refractivity contribution is -0.139. The zero-order valence-electron chi connectivity index (χ0n) is 42.4. The molecule has 1 saturated heterocycles. The molecule has 11 atom stereocenters. The third kappa shape index (κ3) is 20.2. The summed E-state index contributed by atoms with van der Waals surface area (Å²) in [7, 11) is 0. The fourth-order valence-corrected chi connectivity index (χ4v) is 7.65. The van der Waals surface area contributed by atoms with Crippen LogP contribution in [-0.4, -0.2) is 150 Å². The molecule has 0 spiro atoms. The highest BCUT2D eigenvalue weighted by Gasteiger charge is 2.38. The summed E-state index contributed by atoms with van der Waals surface area (Å²) in [5, 5.41) is 30.7. The van der Waals surface area contributed by atoms with Crippen molar-refractivity contribution >= 4 is 65.0 Å². The highest BCUT2D eigenvalue weighted by Crippen LogP contribution is 2.19. The van der Waals surface area contributed by atoms with Crippen molar-refractivity contribution in [2.24, 2.45) is 40.9 Å². The van der Waals surface area contributed by atoms with Crippen LogP contribution in [0.2, 0.25) is 0 Å². The first-order valence-electron chi connectivity index (χ1n) is 24.4. The number of nitrogens with zero attached hydrogens (tertiary/aromatic N) is 1. The minimum Gasteiger partial charge on any atom is -0.394 e. The van der Waals surface area contributed by atoms with Crippen molar-refractivity contribution < 1.29 is 57.8 Å². The van der Waals surface area contributed by atoms with Gasteiger partial charge in [0.1, 0.15) is 48.3 Å². The van der Waals surface area contributed by atoms with Gasteiger partial charge in [-0.3, -0.25) is 52.7 Å². The Kier molecular flexibility index (Phi) is 27.8. The van der Waals surface area contributed by atoms with Crippen LogP contribution in [0.3, 0.4) is 0 Å². The molecule has 0 aromatic rings. The lowest BCUT2D eigenvalue weighted by Gasteiger charge is -2.31. The summed E-state index contributed by atoms with van der Waals surface area (Å²) in [5.41, 5.74) is 16.5. The van der Waals surface area contributed by atoms with Crippen LogP contribution in [0.1, 0.15) is 127 Å². The Bertz CT molecular complexity index is 1820. The van der Waals surface area contributed by atoms with Crippen molar-refractivity contribution in [2.45, 2.75) is 175 Å². The second-order valence-corrected chi connectivity index (χ2v) is 18.6. The van der Waals surface area contributed by atoms with E-state index < -0.39 is 145 Å². The van der Waals surface area contributed by atoms with E-state index in [0.29, 0.717) is 58.0 Å². The Labute approximate surface area is 411 Å². The number of nitrogens with two attached hydrogens (primary N) is 3. The molecule has 15 N–H and O–H groups in total. The summed E-state index contributed by atoms with van der Waals surface area (Å²) < 4.78 is 0. The first-order valence-corrected chi connectivity index (χ1v) is 24.4. The number of unbranched alkanes of at least 4 members (excludes halogenated alkanes) is 1. The number of primary amides is 2. The van der Waals surface area contributed by atoms with E-state index in [1.165, 1.54) is 11.8 Å². The number of likely N-dealkylation sites (tertiary alicyclic amines) is 1. The largest absolute Gasteiger partial charge is 0.394 e. The number of carbonyl (C=O) groups excluding carboxylic acids is 11. The third-order valence-corrected chi connectivity index (χ3v) is 12.8. The van der Waals surface area contributed by atoms with Crippen LogP contribution in [0.4, 0.5) is 0 Å². The van der Waals surface area contributed by atoms with Gasteiger partial charge in [0.25, 0.3) is 0 Å². The zero-order valence-corrected chi connectivity index (χ0v) is 42.4. The van der Waals surface area contributed by atoms with E-state index >= 15 is 0 Å². The summed E-state index contributed by atoms with van der Waals surface area (Å²) in [4.78, 5) is 146. The number of rotatable bonds is 32. The summed E-state index contributed by atoms with van der Waals surface area (Å²) in [5.74, 6) is -10.1. The topological polar surface area (TPSA) is 386 Å². The van der Waals surface area contributed by atoms with Gasteiger partial charge in [0.05, 0.1) is 13.2 Å². The van der Waals surface area contributed by atoms with Gasteiger partial charge >= 0.3 is 0 Å². The maximum absolute atomic E-state index is 14.2. The Hall–Kier alpha value is -5.91. The molecule has 1 aliphatic rings. The highest BCUT2D eigenvalue weighted by molar-refractivity contribution is 5.98. The highest BCUT2D eigenvalue weighted by atomic mass is 16.3. The van der Waals surface area contributed by atoms with Gasteiger partial charge < -0.3 is 69.7 Å². The van der Waals surface area contributed by atoms with Gasteiger partial charge in [-0.1, -0.05) is 74.7 Å². The van der Waals surface area contributed by atoms with E-state index in [1.54, 1.807) is 48.5 Å². The second-order valence-electron chi connectivity index (χ2n) is 18.6. The van der Waals surface area contributed by atoms with Crippen LogP contribution in [0.5, 0.6) is 0 Å². The molecule has 0 aliphatic carbocycles. The summed E-state index contributed by atoms with van der Waals surface area (Å²) in [6.07, 6.45) is 2.77. The Morgan fingerprint density at radius 3 is 1.59 bits per heavy atom. The minimum atomic E-state index is -1.69. The minimum absolute atomic E-state index is 0.190. The van der Waals surface area contributed by atoms with Crippen molar-refractivity contribution in [1.29, 1.82) is 0 Å². The molecule has 0 aromatic carbocycles. The van der Waals surface area contributed by atoms with Gasteiger partial charge in [-0.05, 0) is 68.7 Å². The Balaban J connectivity index is 3.30. The van der Waals surface area contributed by atoms with Gasteiger partial charge in [0.2, 0.25) is 65.0 Å². The molecular formula is C46H82N12O12. The lowest BCUT2D eigenvalue weighted by atomic mass is 9.94. The summed E-state index contributed by atoms with van der Waals surface area (Å²) >= 11 is 0. The van der Waals surface area contributed by atoms with Crippen molar-refractivity contribution in [1.82, 2.24) is 47.4 Å². The van der Waals surface area contributed by atoms with Crippen molar-refractivity contribution in [3.8, 4) is 0 Å². The molecule has 0 unspecified atom stereocenters. The first-order chi connectivity index (χ1) is 32.9. The molecule has 0 bridgehead atoms. The lowest BCUT2D eigenvalue weighted by Crippen LogP contribution is -2.62.